The van der Waals surface area contributed by atoms with Crippen LogP contribution in [0.5, 0.6) is 0 Å². The molecular formula is C15H13N3O4S. The number of aromatic nitrogens is 2. The van der Waals surface area contributed by atoms with E-state index < -0.39 is 17.8 Å². The van der Waals surface area contributed by atoms with E-state index in [0.29, 0.717) is 10.1 Å². The Balaban J connectivity index is 1.81. The molecule has 0 atom stereocenters. The molecule has 0 radical (unpaired) electrons. The number of amides is 2. The van der Waals surface area contributed by atoms with Gasteiger partial charge in [0.15, 0.2) is 0 Å². The van der Waals surface area contributed by atoms with Crippen molar-refractivity contribution in [1.29, 1.82) is 0 Å². The molecule has 3 rings (SSSR count). The summed E-state index contributed by atoms with van der Waals surface area (Å²) < 4.78 is 0. The second-order valence-electron chi connectivity index (χ2n) is 5.99. The third-order valence-corrected chi connectivity index (χ3v) is 4.50. The fourth-order valence-electron chi connectivity index (χ4n) is 1.98. The normalized spacial score (nSPS) is 14.1. The number of hydrogen-bond donors (Lipinski definition) is 0. The number of hydroxylamine groups is 2. The van der Waals surface area contributed by atoms with Crippen LogP contribution >= 0.6 is 11.3 Å². The highest BCUT2D eigenvalue weighted by molar-refractivity contribution is 7.13. The number of rotatable bonds is 2. The topological polar surface area (TPSA) is 89.5 Å². The molecule has 0 saturated heterocycles. The van der Waals surface area contributed by atoms with Crippen molar-refractivity contribution in [3.05, 3.63) is 45.4 Å². The van der Waals surface area contributed by atoms with E-state index in [9.17, 15) is 14.4 Å². The van der Waals surface area contributed by atoms with Crippen LogP contribution in [0.25, 0.3) is 0 Å². The first kappa shape index (κ1) is 15.3. The van der Waals surface area contributed by atoms with Gasteiger partial charge in [-0.2, -0.15) is 0 Å². The summed E-state index contributed by atoms with van der Waals surface area (Å²) in [4.78, 5) is 41.3. The molecule has 0 fully saturated rings. The molecule has 0 spiro atoms. The minimum atomic E-state index is -0.882. The average molecular weight is 331 g/mol. The standard InChI is InChI=1S/C15H13N3O4S/c1-15(2,3)14-17-16-10(23-14)13(21)22-18-11(19)8-6-4-5-7-9(8)12(18)20/h4-7H,1-3H3. The van der Waals surface area contributed by atoms with Crippen LogP contribution in [-0.2, 0) is 10.3 Å². The molecule has 0 N–H and O–H groups in total. The minimum absolute atomic E-state index is 0.00789. The summed E-state index contributed by atoms with van der Waals surface area (Å²) in [5.74, 6) is -2.22. The molecule has 0 saturated carbocycles. The van der Waals surface area contributed by atoms with Gasteiger partial charge in [-0.15, -0.1) is 10.2 Å². The average Bonchev–Trinajstić information content (AvgIpc) is 3.08. The summed E-state index contributed by atoms with van der Waals surface area (Å²) in [5.41, 5.74) is 0.155. The Hall–Kier alpha value is -2.61. The predicted molar refractivity (Wildman–Crippen MR) is 81.0 cm³/mol. The maximum Gasteiger partial charge on any atom is 0.394 e. The number of benzene rings is 1. The van der Waals surface area contributed by atoms with Gasteiger partial charge in [0, 0.05) is 5.41 Å². The van der Waals surface area contributed by atoms with Gasteiger partial charge in [-0.25, -0.2) is 4.79 Å². The van der Waals surface area contributed by atoms with Crippen LogP contribution in [-0.4, -0.2) is 33.0 Å². The molecule has 1 aliphatic rings. The molecular weight excluding hydrogens is 318 g/mol. The van der Waals surface area contributed by atoms with Gasteiger partial charge in [-0.05, 0) is 12.1 Å². The monoisotopic (exact) mass is 331 g/mol. The second-order valence-corrected chi connectivity index (χ2v) is 6.97. The Bertz CT molecular complexity index is 787. The van der Waals surface area contributed by atoms with E-state index in [2.05, 4.69) is 10.2 Å². The first-order valence-electron chi connectivity index (χ1n) is 6.83. The van der Waals surface area contributed by atoms with E-state index in [-0.39, 0.29) is 21.5 Å². The van der Waals surface area contributed by atoms with Gasteiger partial charge in [-0.1, -0.05) is 49.3 Å². The summed E-state index contributed by atoms with van der Waals surface area (Å²) in [6.45, 7) is 5.81. The molecule has 8 heteroatoms. The quantitative estimate of drug-likeness (QED) is 0.784. The number of carbonyl (C=O) groups is 3. The van der Waals surface area contributed by atoms with Crippen molar-refractivity contribution in [3.63, 3.8) is 0 Å². The van der Waals surface area contributed by atoms with Crippen LogP contribution in [0.1, 0.15) is 56.3 Å². The predicted octanol–water partition coefficient (Wildman–Crippen LogP) is 2.20. The third kappa shape index (κ3) is 2.61. The van der Waals surface area contributed by atoms with E-state index in [0.717, 1.165) is 11.3 Å². The second kappa shape index (κ2) is 5.24. The Labute approximate surface area is 135 Å². The van der Waals surface area contributed by atoms with Crippen molar-refractivity contribution in [1.82, 2.24) is 15.3 Å². The third-order valence-electron chi connectivity index (χ3n) is 3.17. The Morgan fingerprint density at radius 3 is 2.13 bits per heavy atom. The Kier molecular flexibility index (Phi) is 3.48. The summed E-state index contributed by atoms with van der Waals surface area (Å²) in [6, 6.07) is 6.28. The molecule has 0 bridgehead atoms. The number of nitrogens with zero attached hydrogens (tertiary/aromatic N) is 3. The van der Waals surface area contributed by atoms with Crippen molar-refractivity contribution >= 4 is 29.1 Å². The lowest BCUT2D eigenvalue weighted by Gasteiger charge is -2.12. The van der Waals surface area contributed by atoms with E-state index >= 15 is 0 Å². The summed E-state index contributed by atoms with van der Waals surface area (Å²) in [6.07, 6.45) is 0. The number of imide groups is 1. The molecule has 118 valence electrons. The molecule has 2 aromatic rings. The summed E-state index contributed by atoms with van der Waals surface area (Å²) in [5, 5.41) is 8.82. The van der Waals surface area contributed by atoms with E-state index in [1.807, 2.05) is 20.8 Å². The highest BCUT2D eigenvalue weighted by atomic mass is 32.1. The molecule has 1 aromatic carbocycles. The van der Waals surface area contributed by atoms with Crippen LogP contribution in [0.2, 0.25) is 0 Å². The molecule has 7 nitrogen and oxygen atoms in total. The molecule has 1 aliphatic heterocycles. The van der Waals surface area contributed by atoms with E-state index in [1.165, 1.54) is 12.1 Å². The molecule has 23 heavy (non-hydrogen) atoms. The van der Waals surface area contributed by atoms with Crippen LogP contribution in [0.4, 0.5) is 0 Å². The minimum Gasteiger partial charge on any atom is -0.321 e. The number of fused-ring (bicyclic) bond motifs is 1. The fourth-order valence-corrected chi connectivity index (χ4v) is 2.75. The highest BCUT2D eigenvalue weighted by Crippen LogP contribution is 2.27. The lowest BCUT2D eigenvalue weighted by atomic mass is 9.98. The largest absolute Gasteiger partial charge is 0.394 e. The van der Waals surface area contributed by atoms with Gasteiger partial charge < -0.3 is 4.84 Å². The lowest BCUT2D eigenvalue weighted by molar-refractivity contribution is -0.0585. The van der Waals surface area contributed by atoms with Crippen molar-refractivity contribution in [3.8, 4) is 0 Å². The van der Waals surface area contributed by atoms with Gasteiger partial charge >= 0.3 is 5.97 Å². The van der Waals surface area contributed by atoms with Crippen LogP contribution in [0, 0.1) is 0 Å². The highest BCUT2D eigenvalue weighted by Gasteiger charge is 2.39. The first-order chi connectivity index (χ1) is 10.8. The first-order valence-corrected chi connectivity index (χ1v) is 7.65. The summed E-state index contributed by atoms with van der Waals surface area (Å²) >= 11 is 1.07. The SMILES string of the molecule is CC(C)(C)c1nnc(C(=O)ON2C(=O)c3ccccc3C2=O)s1. The van der Waals surface area contributed by atoms with Crippen LogP contribution in [0.3, 0.4) is 0 Å². The van der Waals surface area contributed by atoms with E-state index in [4.69, 9.17) is 4.84 Å². The Morgan fingerprint density at radius 2 is 1.65 bits per heavy atom. The number of hydrogen-bond acceptors (Lipinski definition) is 7. The van der Waals surface area contributed by atoms with Gasteiger partial charge in [0.25, 0.3) is 11.8 Å². The van der Waals surface area contributed by atoms with Crippen LogP contribution in [0.15, 0.2) is 24.3 Å². The smallest absolute Gasteiger partial charge is 0.321 e. The fraction of sp³-hybridized carbons (Fsp3) is 0.267. The zero-order valence-electron chi connectivity index (χ0n) is 12.7. The van der Waals surface area contributed by atoms with Crippen LogP contribution < -0.4 is 0 Å². The van der Waals surface area contributed by atoms with Gasteiger partial charge in [0.2, 0.25) is 5.01 Å². The molecule has 2 amide bonds. The maximum atomic E-state index is 12.1. The maximum absolute atomic E-state index is 12.1. The van der Waals surface area contributed by atoms with Gasteiger partial charge in [0.1, 0.15) is 5.01 Å². The van der Waals surface area contributed by atoms with E-state index in [1.54, 1.807) is 12.1 Å². The number of carbonyl (C=O) groups excluding carboxylic acids is 3. The zero-order chi connectivity index (χ0) is 16.8. The molecule has 1 aromatic heterocycles. The van der Waals surface area contributed by atoms with Crippen molar-refractivity contribution in [2.45, 2.75) is 26.2 Å². The molecule has 0 aliphatic carbocycles. The van der Waals surface area contributed by atoms with Crippen molar-refractivity contribution in [2.75, 3.05) is 0 Å². The zero-order valence-corrected chi connectivity index (χ0v) is 13.5. The van der Waals surface area contributed by atoms with Gasteiger partial charge in [-0.3, -0.25) is 9.59 Å². The lowest BCUT2D eigenvalue weighted by Crippen LogP contribution is -2.32. The van der Waals surface area contributed by atoms with Crippen molar-refractivity contribution in [2.24, 2.45) is 0 Å². The van der Waals surface area contributed by atoms with Crippen molar-refractivity contribution < 1.29 is 19.2 Å². The molecule has 2 heterocycles. The molecule has 0 unspecified atom stereocenters. The Morgan fingerprint density at radius 1 is 1.09 bits per heavy atom. The van der Waals surface area contributed by atoms with Gasteiger partial charge in [0.05, 0.1) is 11.1 Å². The summed E-state index contributed by atoms with van der Waals surface area (Å²) in [7, 11) is 0.